The van der Waals surface area contributed by atoms with Gasteiger partial charge in [0.2, 0.25) is 0 Å². The normalized spacial score (nSPS) is 12.2. The summed E-state index contributed by atoms with van der Waals surface area (Å²) >= 11 is 7.22. The summed E-state index contributed by atoms with van der Waals surface area (Å²) in [4.78, 5) is 8.36. The molecule has 0 aliphatic heterocycles. The molecule has 0 spiro atoms. The average molecular weight is 250 g/mol. The average Bonchev–Trinajstić information content (AvgIpc) is 2.35. The van der Waals surface area contributed by atoms with Gasteiger partial charge in [0.25, 0.3) is 0 Å². The Labute approximate surface area is 102 Å². The highest BCUT2D eigenvalue weighted by molar-refractivity contribution is 7.99. The highest BCUT2D eigenvalue weighted by Gasteiger charge is 2.07. The third kappa shape index (κ3) is 2.43. The van der Waals surface area contributed by atoms with Crippen molar-refractivity contribution in [1.82, 2.24) is 9.97 Å². The van der Waals surface area contributed by atoms with Gasteiger partial charge in [-0.3, -0.25) is 0 Å². The monoisotopic (exact) mass is 249 g/mol. The Bertz CT molecular complexity index is 533. The van der Waals surface area contributed by atoms with E-state index in [2.05, 4.69) is 9.97 Å². The Balaban J connectivity index is 2.28. The maximum Gasteiger partial charge on any atom is 0.130 e. The van der Waals surface area contributed by atoms with Crippen LogP contribution in [0.1, 0.15) is 0 Å². The van der Waals surface area contributed by atoms with Crippen molar-refractivity contribution in [3.05, 3.63) is 30.6 Å². The van der Waals surface area contributed by atoms with E-state index < -0.39 is 5.38 Å². The first-order valence-electron chi connectivity index (χ1n) is 4.67. The molecule has 0 fully saturated rings. The molecule has 2 aromatic rings. The molecule has 0 aliphatic carbocycles. The largest absolute Gasteiger partial charge is 0.236 e. The third-order valence-electron chi connectivity index (χ3n) is 2.01. The summed E-state index contributed by atoms with van der Waals surface area (Å²) < 4.78 is 0. The number of benzene rings is 1. The van der Waals surface area contributed by atoms with E-state index in [1.54, 1.807) is 0 Å². The van der Waals surface area contributed by atoms with Crippen LogP contribution in [-0.2, 0) is 0 Å². The van der Waals surface area contributed by atoms with E-state index in [0.717, 1.165) is 15.9 Å². The maximum atomic E-state index is 8.60. The lowest BCUT2D eigenvalue weighted by Gasteiger charge is -2.04. The highest BCUT2D eigenvalue weighted by Crippen LogP contribution is 2.25. The van der Waals surface area contributed by atoms with Crippen LogP contribution in [0.25, 0.3) is 10.9 Å². The Morgan fingerprint density at radius 1 is 1.38 bits per heavy atom. The topological polar surface area (TPSA) is 49.6 Å². The van der Waals surface area contributed by atoms with Gasteiger partial charge in [0.15, 0.2) is 0 Å². The van der Waals surface area contributed by atoms with Gasteiger partial charge in [-0.1, -0.05) is 18.2 Å². The molecule has 0 N–H and O–H groups in total. The molecule has 0 radical (unpaired) electrons. The van der Waals surface area contributed by atoms with Gasteiger partial charge < -0.3 is 0 Å². The Morgan fingerprint density at radius 2 is 2.19 bits per heavy atom. The predicted molar refractivity (Wildman–Crippen MR) is 65.5 cm³/mol. The molecule has 1 heterocycles. The molecule has 0 amide bonds. The van der Waals surface area contributed by atoms with E-state index >= 15 is 0 Å². The van der Waals surface area contributed by atoms with Crippen LogP contribution in [-0.4, -0.2) is 21.1 Å². The summed E-state index contributed by atoms with van der Waals surface area (Å²) in [6, 6.07) is 9.76. The second kappa shape index (κ2) is 5.15. The van der Waals surface area contributed by atoms with Gasteiger partial charge in [0.1, 0.15) is 16.7 Å². The maximum absolute atomic E-state index is 8.60. The zero-order valence-corrected chi connectivity index (χ0v) is 9.87. The Kier molecular flexibility index (Phi) is 3.60. The van der Waals surface area contributed by atoms with E-state index in [-0.39, 0.29) is 0 Å². The summed E-state index contributed by atoms with van der Waals surface area (Å²) in [5, 5.41) is 9.97. The van der Waals surface area contributed by atoms with Crippen molar-refractivity contribution in [2.45, 2.75) is 10.4 Å². The first kappa shape index (κ1) is 11.2. The first-order chi connectivity index (χ1) is 7.81. The number of aromatic nitrogens is 2. The number of fused-ring (bicyclic) bond motifs is 1. The van der Waals surface area contributed by atoms with Crippen molar-refractivity contribution in [3.63, 3.8) is 0 Å². The minimum atomic E-state index is -0.487. The number of hydrogen-bond acceptors (Lipinski definition) is 4. The first-order valence-corrected chi connectivity index (χ1v) is 6.09. The zero-order chi connectivity index (χ0) is 11.4. The summed E-state index contributed by atoms with van der Waals surface area (Å²) in [5.74, 6) is 0.527. The fourth-order valence-electron chi connectivity index (χ4n) is 1.28. The van der Waals surface area contributed by atoms with Gasteiger partial charge >= 0.3 is 0 Å². The van der Waals surface area contributed by atoms with E-state index in [0.29, 0.717) is 5.75 Å². The molecule has 0 bridgehead atoms. The van der Waals surface area contributed by atoms with Crippen molar-refractivity contribution in [2.24, 2.45) is 0 Å². The molecule has 5 heteroatoms. The minimum Gasteiger partial charge on any atom is -0.236 e. The number of para-hydroxylation sites is 1. The zero-order valence-electron chi connectivity index (χ0n) is 8.30. The lowest BCUT2D eigenvalue weighted by Crippen LogP contribution is -1.98. The van der Waals surface area contributed by atoms with Crippen LogP contribution in [0.15, 0.2) is 35.6 Å². The van der Waals surface area contributed by atoms with Crippen LogP contribution in [0.3, 0.4) is 0 Å². The molecule has 80 valence electrons. The molecule has 3 nitrogen and oxygen atoms in total. The van der Waals surface area contributed by atoms with E-state index in [4.69, 9.17) is 16.9 Å². The summed E-state index contributed by atoms with van der Waals surface area (Å²) in [6.07, 6.45) is 1.53. The predicted octanol–water partition coefficient (Wildman–Crippen LogP) is 2.85. The van der Waals surface area contributed by atoms with Gasteiger partial charge in [-0.15, -0.1) is 23.4 Å². The molecule has 2 rings (SSSR count). The summed E-state index contributed by atoms with van der Waals surface area (Å²) in [7, 11) is 0. The minimum absolute atomic E-state index is 0.487. The lowest BCUT2D eigenvalue weighted by molar-refractivity contribution is 1.10. The van der Waals surface area contributed by atoms with Gasteiger partial charge in [-0.2, -0.15) is 5.26 Å². The summed E-state index contributed by atoms with van der Waals surface area (Å²) in [6.45, 7) is 0. The van der Waals surface area contributed by atoms with Crippen molar-refractivity contribution in [2.75, 3.05) is 5.75 Å². The van der Waals surface area contributed by atoms with Crippen LogP contribution in [0.2, 0.25) is 0 Å². The Hall–Kier alpha value is -1.31. The molecule has 0 saturated heterocycles. The molecular formula is C11H8ClN3S. The summed E-state index contributed by atoms with van der Waals surface area (Å²) in [5.41, 5.74) is 0.906. The second-order valence-corrected chi connectivity index (χ2v) is 4.64. The number of rotatable bonds is 3. The van der Waals surface area contributed by atoms with Gasteiger partial charge in [-0.05, 0) is 6.07 Å². The van der Waals surface area contributed by atoms with Crippen LogP contribution in [0.4, 0.5) is 0 Å². The SMILES string of the molecule is N#CC(Cl)CSc1ncnc2ccccc12. The number of nitrogens with zero attached hydrogens (tertiary/aromatic N) is 3. The van der Waals surface area contributed by atoms with E-state index in [1.165, 1.54) is 18.1 Å². The molecule has 1 aromatic heterocycles. The number of thioether (sulfide) groups is 1. The molecular weight excluding hydrogens is 242 g/mol. The van der Waals surface area contributed by atoms with Gasteiger partial charge in [0, 0.05) is 11.1 Å². The van der Waals surface area contributed by atoms with Crippen LogP contribution < -0.4 is 0 Å². The Morgan fingerprint density at radius 3 is 3.00 bits per heavy atom. The number of halogens is 1. The number of hydrogen-bond donors (Lipinski definition) is 0. The van der Waals surface area contributed by atoms with E-state index in [9.17, 15) is 0 Å². The quantitative estimate of drug-likeness (QED) is 0.477. The smallest absolute Gasteiger partial charge is 0.130 e. The van der Waals surface area contributed by atoms with Gasteiger partial charge in [-0.25, -0.2) is 9.97 Å². The fraction of sp³-hybridized carbons (Fsp3) is 0.182. The van der Waals surface area contributed by atoms with Crippen LogP contribution in [0.5, 0.6) is 0 Å². The molecule has 0 aliphatic rings. The van der Waals surface area contributed by atoms with Crippen LogP contribution in [0, 0.1) is 11.3 Å². The highest BCUT2D eigenvalue weighted by atomic mass is 35.5. The number of nitriles is 1. The van der Waals surface area contributed by atoms with Crippen molar-refractivity contribution in [3.8, 4) is 6.07 Å². The van der Waals surface area contributed by atoms with E-state index in [1.807, 2.05) is 30.3 Å². The van der Waals surface area contributed by atoms with Crippen LogP contribution >= 0.6 is 23.4 Å². The molecule has 16 heavy (non-hydrogen) atoms. The molecule has 0 saturated carbocycles. The fourth-order valence-corrected chi connectivity index (χ4v) is 2.30. The lowest BCUT2D eigenvalue weighted by atomic mass is 10.2. The van der Waals surface area contributed by atoms with Crippen molar-refractivity contribution in [1.29, 1.82) is 5.26 Å². The number of alkyl halides is 1. The third-order valence-corrected chi connectivity index (χ3v) is 3.55. The molecule has 1 atom stereocenters. The second-order valence-electron chi connectivity index (χ2n) is 3.10. The molecule has 1 aromatic carbocycles. The van der Waals surface area contributed by atoms with Crippen molar-refractivity contribution < 1.29 is 0 Å². The van der Waals surface area contributed by atoms with Gasteiger partial charge in [0.05, 0.1) is 11.6 Å². The molecule has 1 unspecified atom stereocenters. The van der Waals surface area contributed by atoms with Crippen molar-refractivity contribution >= 4 is 34.3 Å². The standard InChI is InChI=1S/C11H8ClN3S/c12-8(5-13)6-16-11-9-3-1-2-4-10(9)14-7-15-11/h1-4,7-8H,6H2.